The maximum atomic E-state index is 11.9. The van der Waals surface area contributed by atoms with Crippen LogP contribution in [0, 0.1) is 0 Å². The standard InChI is InChI=1S/C13H13BrN4O2/c14-11-4-2-1-3-9(11)5-13(20)17-10-6-16-18(7-10)8-12(15)19/h1-4,6-7H,5,8H2,(H2,15,19)(H,17,20). The first-order chi connectivity index (χ1) is 9.54. The van der Waals surface area contributed by atoms with Gasteiger partial charge in [-0.25, -0.2) is 0 Å². The normalized spacial score (nSPS) is 10.2. The molecule has 1 aromatic carbocycles. The molecule has 104 valence electrons. The quantitative estimate of drug-likeness (QED) is 0.862. The van der Waals surface area contributed by atoms with Crippen LogP contribution in [-0.4, -0.2) is 21.6 Å². The summed E-state index contributed by atoms with van der Waals surface area (Å²) >= 11 is 3.39. The lowest BCUT2D eigenvalue weighted by atomic mass is 10.1. The average molecular weight is 337 g/mol. The molecule has 1 heterocycles. The van der Waals surface area contributed by atoms with Crippen molar-refractivity contribution in [3.63, 3.8) is 0 Å². The van der Waals surface area contributed by atoms with E-state index in [4.69, 9.17) is 5.73 Å². The average Bonchev–Trinajstić information content (AvgIpc) is 2.78. The van der Waals surface area contributed by atoms with Crippen molar-refractivity contribution < 1.29 is 9.59 Å². The predicted octanol–water partition coefficient (Wildman–Crippen LogP) is 1.31. The number of amides is 2. The minimum atomic E-state index is -0.487. The van der Waals surface area contributed by atoms with Gasteiger partial charge >= 0.3 is 0 Å². The predicted molar refractivity (Wildman–Crippen MR) is 77.9 cm³/mol. The molecule has 0 spiro atoms. The van der Waals surface area contributed by atoms with E-state index in [0.29, 0.717) is 5.69 Å². The summed E-state index contributed by atoms with van der Waals surface area (Å²) in [5.74, 6) is -0.644. The Kier molecular flexibility index (Phi) is 4.52. The van der Waals surface area contributed by atoms with Gasteiger partial charge < -0.3 is 11.1 Å². The molecule has 1 aromatic heterocycles. The molecule has 6 nitrogen and oxygen atoms in total. The zero-order valence-corrected chi connectivity index (χ0v) is 12.1. The zero-order valence-electron chi connectivity index (χ0n) is 10.5. The first kappa shape index (κ1) is 14.3. The van der Waals surface area contributed by atoms with Crippen molar-refractivity contribution in [3.8, 4) is 0 Å². The fourth-order valence-corrected chi connectivity index (χ4v) is 2.12. The molecule has 0 fully saturated rings. The van der Waals surface area contributed by atoms with Crippen LogP contribution in [0.25, 0.3) is 0 Å². The van der Waals surface area contributed by atoms with E-state index in [2.05, 4.69) is 26.3 Å². The van der Waals surface area contributed by atoms with E-state index < -0.39 is 5.91 Å². The smallest absolute Gasteiger partial charge is 0.239 e. The molecule has 0 atom stereocenters. The molecule has 0 saturated carbocycles. The summed E-state index contributed by atoms with van der Waals surface area (Å²) in [7, 11) is 0. The highest BCUT2D eigenvalue weighted by Crippen LogP contribution is 2.17. The molecular formula is C13H13BrN4O2. The van der Waals surface area contributed by atoms with Gasteiger partial charge in [-0.15, -0.1) is 0 Å². The Bertz CT molecular complexity index is 639. The summed E-state index contributed by atoms with van der Waals surface area (Å²) in [6.45, 7) is -0.0138. The summed E-state index contributed by atoms with van der Waals surface area (Å²) in [4.78, 5) is 22.7. The molecule has 0 radical (unpaired) electrons. The maximum absolute atomic E-state index is 11.9. The van der Waals surface area contributed by atoms with E-state index in [1.807, 2.05) is 24.3 Å². The number of nitrogens with zero attached hydrogens (tertiary/aromatic N) is 2. The number of carbonyl (C=O) groups excluding carboxylic acids is 2. The first-order valence-corrected chi connectivity index (χ1v) is 6.68. The lowest BCUT2D eigenvalue weighted by molar-refractivity contribution is -0.118. The Morgan fingerprint density at radius 1 is 1.35 bits per heavy atom. The molecule has 0 unspecified atom stereocenters. The van der Waals surface area contributed by atoms with Gasteiger partial charge in [0.1, 0.15) is 6.54 Å². The van der Waals surface area contributed by atoms with E-state index in [0.717, 1.165) is 10.0 Å². The third kappa shape index (κ3) is 3.92. The van der Waals surface area contributed by atoms with Crippen LogP contribution in [0.15, 0.2) is 41.1 Å². The SMILES string of the molecule is NC(=O)Cn1cc(NC(=O)Cc2ccccc2Br)cn1. The van der Waals surface area contributed by atoms with Crippen molar-refractivity contribution in [2.75, 3.05) is 5.32 Å². The van der Waals surface area contributed by atoms with Crippen LogP contribution in [0.1, 0.15) is 5.56 Å². The van der Waals surface area contributed by atoms with Gasteiger partial charge in [0, 0.05) is 10.7 Å². The molecule has 2 amide bonds. The Labute approximate surface area is 124 Å². The van der Waals surface area contributed by atoms with Gasteiger partial charge in [0.25, 0.3) is 0 Å². The van der Waals surface area contributed by atoms with Gasteiger partial charge in [0.05, 0.1) is 18.3 Å². The molecular weight excluding hydrogens is 324 g/mol. The molecule has 0 aliphatic rings. The van der Waals surface area contributed by atoms with E-state index in [-0.39, 0.29) is 18.9 Å². The van der Waals surface area contributed by atoms with Crippen LogP contribution in [0.2, 0.25) is 0 Å². The highest BCUT2D eigenvalue weighted by molar-refractivity contribution is 9.10. The van der Waals surface area contributed by atoms with Gasteiger partial charge in [0.15, 0.2) is 0 Å². The highest BCUT2D eigenvalue weighted by Gasteiger charge is 2.08. The van der Waals surface area contributed by atoms with Gasteiger partial charge in [-0.05, 0) is 11.6 Å². The number of benzene rings is 1. The van der Waals surface area contributed by atoms with Crippen molar-refractivity contribution in [1.29, 1.82) is 0 Å². The molecule has 20 heavy (non-hydrogen) atoms. The molecule has 7 heteroatoms. The fraction of sp³-hybridized carbons (Fsp3) is 0.154. The number of aromatic nitrogens is 2. The number of anilines is 1. The van der Waals surface area contributed by atoms with Crippen molar-refractivity contribution >= 4 is 33.4 Å². The number of hydrogen-bond donors (Lipinski definition) is 2. The van der Waals surface area contributed by atoms with Gasteiger partial charge in [-0.3, -0.25) is 14.3 Å². The van der Waals surface area contributed by atoms with Gasteiger partial charge in [0.2, 0.25) is 11.8 Å². The van der Waals surface area contributed by atoms with Crippen molar-refractivity contribution in [3.05, 3.63) is 46.7 Å². The Morgan fingerprint density at radius 3 is 2.80 bits per heavy atom. The largest absolute Gasteiger partial charge is 0.368 e. The summed E-state index contributed by atoms with van der Waals surface area (Å²) in [5, 5.41) is 6.64. The van der Waals surface area contributed by atoms with E-state index >= 15 is 0 Å². The topological polar surface area (TPSA) is 90.0 Å². The lowest BCUT2D eigenvalue weighted by Crippen LogP contribution is -2.19. The van der Waals surface area contributed by atoms with Crippen LogP contribution >= 0.6 is 15.9 Å². The maximum Gasteiger partial charge on any atom is 0.239 e. The minimum absolute atomic E-state index is 0.0138. The Balaban J connectivity index is 1.96. The van der Waals surface area contributed by atoms with Crippen LogP contribution in [0.4, 0.5) is 5.69 Å². The van der Waals surface area contributed by atoms with E-state index in [1.54, 1.807) is 6.20 Å². The van der Waals surface area contributed by atoms with Crippen LogP contribution < -0.4 is 11.1 Å². The van der Waals surface area contributed by atoms with E-state index in [1.165, 1.54) is 10.9 Å². The number of nitrogens with two attached hydrogens (primary N) is 1. The second-order valence-corrected chi connectivity index (χ2v) is 5.06. The molecule has 0 aliphatic heterocycles. The number of hydrogen-bond acceptors (Lipinski definition) is 3. The second-order valence-electron chi connectivity index (χ2n) is 4.21. The summed E-state index contributed by atoms with van der Waals surface area (Å²) in [5.41, 5.74) is 6.49. The van der Waals surface area contributed by atoms with Gasteiger partial charge in [-0.2, -0.15) is 5.10 Å². The van der Waals surface area contributed by atoms with Crippen LogP contribution in [0.5, 0.6) is 0 Å². The third-order valence-corrected chi connectivity index (χ3v) is 3.32. The highest BCUT2D eigenvalue weighted by atomic mass is 79.9. The summed E-state index contributed by atoms with van der Waals surface area (Å²) in [6, 6.07) is 7.52. The summed E-state index contributed by atoms with van der Waals surface area (Å²) < 4.78 is 2.26. The number of primary amides is 1. The monoisotopic (exact) mass is 336 g/mol. The molecule has 0 saturated heterocycles. The van der Waals surface area contributed by atoms with Crippen molar-refractivity contribution in [1.82, 2.24) is 9.78 Å². The van der Waals surface area contributed by atoms with Crippen LogP contribution in [-0.2, 0) is 22.6 Å². The van der Waals surface area contributed by atoms with Crippen molar-refractivity contribution in [2.24, 2.45) is 5.73 Å². The lowest BCUT2D eigenvalue weighted by Gasteiger charge is -2.04. The van der Waals surface area contributed by atoms with Gasteiger partial charge in [-0.1, -0.05) is 34.1 Å². The van der Waals surface area contributed by atoms with E-state index in [9.17, 15) is 9.59 Å². The molecule has 0 bridgehead atoms. The fourth-order valence-electron chi connectivity index (χ4n) is 1.69. The number of carbonyl (C=O) groups is 2. The third-order valence-electron chi connectivity index (χ3n) is 2.54. The summed E-state index contributed by atoms with van der Waals surface area (Å²) in [6.07, 6.45) is 3.28. The number of halogens is 1. The molecule has 2 aromatic rings. The second kappa shape index (κ2) is 6.33. The van der Waals surface area contributed by atoms with Crippen LogP contribution in [0.3, 0.4) is 0 Å². The first-order valence-electron chi connectivity index (χ1n) is 5.88. The minimum Gasteiger partial charge on any atom is -0.368 e. The van der Waals surface area contributed by atoms with Crippen molar-refractivity contribution in [2.45, 2.75) is 13.0 Å². The molecule has 2 rings (SSSR count). The zero-order chi connectivity index (χ0) is 14.5. The Morgan fingerprint density at radius 2 is 2.10 bits per heavy atom. The number of rotatable bonds is 5. The molecule has 3 N–H and O–H groups in total. The molecule has 0 aliphatic carbocycles. The Hall–Kier alpha value is -2.15. The number of nitrogens with one attached hydrogen (secondary N) is 1.